The molecule has 0 aliphatic carbocycles. The Morgan fingerprint density at radius 2 is 2.16 bits per heavy atom. The van der Waals surface area contributed by atoms with Gasteiger partial charge in [-0.25, -0.2) is 0 Å². The van der Waals surface area contributed by atoms with Crippen LogP contribution in [0, 0.1) is 13.8 Å². The molecule has 0 bridgehead atoms. The second-order valence-corrected chi connectivity index (χ2v) is 4.95. The summed E-state index contributed by atoms with van der Waals surface area (Å²) in [6.45, 7) is 6.45. The molecule has 0 amide bonds. The van der Waals surface area contributed by atoms with Crippen LogP contribution in [0.2, 0.25) is 0 Å². The maximum absolute atomic E-state index is 5.58. The van der Waals surface area contributed by atoms with Gasteiger partial charge < -0.3 is 10.6 Å². The standard InChI is InChI=1S/C13H22N6/c1-9-12(10(2)19(4)17-9)13-11(7-15-16-13)8-18(3)6-5-14/h7H,5-6,8,14H2,1-4H3,(H,15,16). The van der Waals surface area contributed by atoms with Crippen LogP contribution in [-0.2, 0) is 13.6 Å². The summed E-state index contributed by atoms with van der Waals surface area (Å²) in [5.74, 6) is 0. The summed E-state index contributed by atoms with van der Waals surface area (Å²) in [5.41, 5.74) is 11.0. The summed E-state index contributed by atoms with van der Waals surface area (Å²) in [4.78, 5) is 2.19. The van der Waals surface area contributed by atoms with Gasteiger partial charge in [0.05, 0.1) is 5.69 Å². The predicted octanol–water partition coefficient (Wildman–Crippen LogP) is 0.818. The Labute approximate surface area is 113 Å². The molecule has 2 aromatic rings. The first-order chi connectivity index (χ1) is 9.04. The average Bonchev–Trinajstić information content (AvgIpc) is 2.86. The third kappa shape index (κ3) is 2.69. The second kappa shape index (κ2) is 5.54. The Balaban J connectivity index is 2.34. The van der Waals surface area contributed by atoms with Crippen molar-refractivity contribution in [2.75, 3.05) is 20.1 Å². The summed E-state index contributed by atoms with van der Waals surface area (Å²) >= 11 is 0. The summed E-state index contributed by atoms with van der Waals surface area (Å²) < 4.78 is 1.90. The molecule has 0 aromatic carbocycles. The summed E-state index contributed by atoms with van der Waals surface area (Å²) in [6, 6.07) is 0. The van der Waals surface area contributed by atoms with Crippen LogP contribution >= 0.6 is 0 Å². The first-order valence-electron chi connectivity index (χ1n) is 6.46. The molecule has 0 atom stereocenters. The van der Waals surface area contributed by atoms with Crippen molar-refractivity contribution in [2.24, 2.45) is 12.8 Å². The first-order valence-corrected chi connectivity index (χ1v) is 6.46. The van der Waals surface area contributed by atoms with E-state index in [0.29, 0.717) is 6.54 Å². The molecule has 0 fully saturated rings. The lowest BCUT2D eigenvalue weighted by atomic mass is 10.1. The number of aromatic amines is 1. The Kier molecular flexibility index (Phi) is 4.01. The number of nitrogens with zero attached hydrogens (tertiary/aromatic N) is 4. The summed E-state index contributed by atoms with van der Waals surface area (Å²) in [5, 5.41) is 11.8. The van der Waals surface area contributed by atoms with Crippen LogP contribution in [0.1, 0.15) is 17.0 Å². The topological polar surface area (TPSA) is 75.8 Å². The van der Waals surface area contributed by atoms with Gasteiger partial charge in [0.15, 0.2) is 0 Å². The van der Waals surface area contributed by atoms with E-state index in [0.717, 1.165) is 35.7 Å². The van der Waals surface area contributed by atoms with E-state index in [1.165, 1.54) is 5.56 Å². The van der Waals surface area contributed by atoms with Crippen LogP contribution in [-0.4, -0.2) is 45.0 Å². The smallest absolute Gasteiger partial charge is 0.100 e. The SMILES string of the molecule is Cc1nn(C)c(C)c1-c1n[nH]cc1CN(C)CCN. The van der Waals surface area contributed by atoms with Gasteiger partial charge in [0.1, 0.15) is 5.69 Å². The van der Waals surface area contributed by atoms with Gasteiger partial charge in [-0.3, -0.25) is 9.78 Å². The van der Waals surface area contributed by atoms with E-state index in [1.807, 2.05) is 24.9 Å². The zero-order valence-electron chi connectivity index (χ0n) is 12.1. The van der Waals surface area contributed by atoms with Crippen LogP contribution in [0.3, 0.4) is 0 Å². The average molecular weight is 262 g/mol. The number of H-pyrrole nitrogens is 1. The van der Waals surface area contributed by atoms with E-state index in [-0.39, 0.29) is 0 Å². The van der Waals surface area contributed by atoms with E-state index in [1.54, 1.807) is 0 Å². The van der Waals surface area contributed by atoms with Gasteiger partial charge in [0.2, 0.25) is 0 Å². The number of nitrogens with two attached hydrogens (primary N) is 1. The van der Waals surface area contributed by atoms with Crippen molar-refractivity contribution in [3.8, 4) is 11.3 Å². The second-order valence-electron chi connectivity index (χ2n) is 4.95. The molecular weight excluding hydrogens is 240 g/mol. The van der Waals surface area contributed by atoms with Gasteiger partial charge in [0, 0.05) is 49.7 Å². The molecule has 0 saturated heterocycles. The highest BCUT2D eigenvalue weighted by molar-refractivity contribution is 5.67. The third-order valence-corrected chi connectivity index (χ3v) is 3.42. The zero-order chi connectivity index (χ0) is 14.0. The lowest BCUT2D eigenvalue weighted by Crippen LogP contribution is -2.25. The van der Waals surface area contributed by atoms with E-state index < -0.39 is 0 Å². The molecule has 104 valence electrons. The number of hydrogen-bond acceptors (Lipinski definition) is 4. The van der Waals surface area contributed by atoms with Gasteiger partial charge in [-0.15, -0.1) is 0 Å². The molecule has 6 nitrogen and oxygen atoms in total. The molecule has 2 rings (SSSR count). The van der Waals surface area contributed by atoms with Crippen molar-refractivity contribution < 1.29 is 0 Å². The number of aromatic nitrogens is 4. The predicted molar refractivity (Wildman–Crippen MR) is 75.7 cm³/mol. The minimum Gasteiger partial charge on any atom is -0.329 e. The molecular formula is C13H22N6. The molecule has 0 aliphatic heterocycles. The Bertz CT molecular complexity index is 553. The molecule has 0 saturated carbocycles. The van der Waals surface area contributed by atoms with Crippen LogP contribution in [0.4, 0.5) is 0 Å². The normalized spacial score (nSPS) is 11.5. The van der Waals surface area contributed by atoms with Crippen molar-refractivity contribution in [3.05, 3.63) is 23.1 Å². The van der Waals surface area contributed by atoms with Crippen LogP contribution in [0.15, 0.2) is 6.20 Å². The Hall–Kier alpha value is -1.66. The molecule has 0 unspecified atom stereocenters. The fraction of sp³-hybridized carbons (Fsp3) is 0.538. The zero-order valence-corrected chi connectivity index (χ0v) is 12.1. The van der Waals surface area contributed by atoms with Gasteiger partial charge in [0.25, 0.3) is 0 Å². The molecule has 2 aromatic heterocycles. The number of nitrogens with one attached hydrogen (secondary N) is 1. The van der Waals surface area contributed by atoms with Crippen LogP contribution in [0.25, 0.3) is 11.3 Å². The van der Waals surface area contributed by atoms with Crippen molar-refractivity contribution >= 4 is 0 Å². The first kappa shape index (κ1) is 13.8. The highest BCUT2D eigenvalue weighted by atomic mass is 15.3. The van der Waals surface area contributed by atoms with Gasteiger partial charge >= 0.3 is 0 Å². The van der Waals surface area contributed by atoms with Crippen LogP contribution in [0.5, 0.6) is 0 Å². The maximum atomic E-state index is 5.58. The molecule has 0 spiro atoms. The molecule has 2 heterocycles. The Morgan fingerprint density at radius 1 is 1.42 bits per heavy atom. The van der Waals surface area contributed by atoms with E-state index in [2.05, 4.69) is 34.2 Å². The van der Waals surface area contributed by atoms with Crippen LogP contribution < -0.4 is 5.73 Å². The highest BCUT2D eigenvalue weighted by Crippen LogP contribution is 2.28. The van der Waals surface area contributed by atoms with E-state index >= 15 is 0 Å². The summed E-state index contributed by atoms with van der Waals surface area (Å²) in [7, 11) is 4.02. The quantitative estimate of drug-likeness (QED) is 0.836. The number of likely N-dealkylation sites (N-methyl/N-ethyl adjacent to an activating group) is 1. The summed E-state index contributed by atoms with van der Waals surface area (Å²) in [6.07, 6.45) is 1.95. The number of rotatable bonds is 5. The van der Waals surface area contributed by atoms with Crippen molar-refractivity contribution in [3.63, 3.8) is 0 Å². The van der Waals surface area contributed by atoms with E-state index in [4.69, 9.17) is 5.73 Å². The molecule has 6 heteroatoms. The monoisotopic (exact) mass is 262 g/mol. The van der Waals surface area contributed by atoms with Crippen molar-refractivity contribution in [1.29, 1.82) is 0 Å². The largest absolute Gasteiger partial charge is 0.329 e. The minimum absolute atomic E-state index is 0.661. The fourth-order valence-corrected chi connectivity index (χ4v) is 2.36. The maximum Gasteiger partial charge on any atom is 0.100 e. The molecule has 0 radical (unpaired) electrons. The Morgan fingerprint density at radius 3 is 2.74 bits per heavy atom. The number of hydrogen-bond donors (Lipinski definition) is 2. The van der Waals surface area contributed by atoms with E-state index in [9.17, 15) is 0 Å². The molecule has 19 heavy (non-hydrogen) atoms. The fourth-order valence-electron chi connectivity index (χ4n) is 2.36. The molecule has 3 N–H and O–H groups in total. The lowest BCUT2D eigenvalue weighted by molar-refractivity contribution is 0.337. The van der Waals surface area contributed by atoms with Gasteiger partial charge in [-0.2, -0.15) is 10.2 Å². The molecule has 0 aliphatic rings. The van der Waals surface area contributed by atoms with Gasteiger partial charge in [-0.1, -0.05) is 0 Å². The number of aryl methyl sites for hydroxylation is 2. The third-order valence-electron chi connectivity index (χ3n) is 3.42. The minimum atomic E-state index is 0.661. The van der Waals surface area contributed by atoms with Gasteiger partial charge in [-0.05, 0) is 20.9 Å². The van der Waals surface area contributed by atoms with Crippen molar-refractivity contribution in [2.45, 2.75) is 20.4 Å². The van der Waals surface area contributed by atoms with Crippen molar-refractivity contribution in [1.82, 2.24) is 24.9 Å². The highest BCUT2D eigenvalue weighted by Gasteiger charge is 2.18. The lowest BCUT2D eigenvalue weighted by Gasteiger charge is -2.15.